The van der Waals surface area contributed by atoms with Crippen LogP contribution in [0.3, 0.4) is 0 Å². The van der Waals surface area contributed by atoms with Gasteiger partial charge in [0.15, 0.2) is 0 Å². The van der Waals surface area contributed by atoms with Gasteiger partial charge in [0.25, 0.3) is 0 Å². The van der Waals surface area contributed by atoms with Gasteiger partial charge < -0.3 is 4.90 Å². The van der Waals surface area contributed by atoms with Crippen LogP contribution in [0.15, 0.2) is 4.99 Å². The molecule has 0 unspecified atom stereocenters. The first kappa shape index (κ1) is 4.91. The molecule has 0 radical (unpaired) electrons. The molecule has 7 heavy (non-hydrogen) atoms. The van der Waals surface area contributed by atoms with E-state index < -0.39 is 0 Å². The first-order valence-electron chi connectivity index (χ1n) is 2.23. The van der Waals surface area contributed by atoms with Crippen molar-refractivity contribution in [2.24, 2.45) is 4.99 Å². The van der Waals surface area contributed by atoms with E-state index >= 15 is 0 Å². The van der Waals surface area contributed by atoms with Crippen molar-refractivity contribution in [3.05, 3.63) is 0 Å². The molecule has 1 aliphatic rings. The van der Waals surface area contributed by atoms with Gasteiger partial charge in [0.05, 0.1) is 18.9 Å². The Labute approximate surface area is 47.8 Å². The van der Waals surface area contributed by atoms with Crippen LogP contribution in [0.25, 0.3) is 0 Å². The highest BCUT2D eigenvalue weighted by Gasteiger charge is 1.99. The van der Waals surface area contributed by atoms with Gasteiger partial charge in [-0.2, -0.15) is 0 Å². The Kier molecular flexibility index (Phi) is 1.52. The summed E-state index contributed by atoms with van der Waals surface area (Å²) in [5, 5.41) is 0. The first-order chi connectivity index (χ1) is 3.43. The van der Waals surface area contributed by atoms with Crippen LogP contribution in [0.2, 0.25) is 0 Å². The van der Waals surface area contributed by atoms with Gasteiger partial charge in [-0.3, -0.25) is 4.99 Å². The highest BCUT2D eigenvalue weighted by atomic mass is 35.5. The Balaban J connectivity index is 2.28. The van der Waals surface area contributed by atoms with Crippen LogP contribution in [0.1, 0.15) is 0 Å². The van der Waals surface area contributed by atoms with Gasteiger partial charge in [0.1, 0.15) is 0 Å². The lowest BCUT2D eigenvalue weighted by Crippen LogP contribution is -2.16. The summed E-state index contributed by atoms with van der Waals surface area (Å²) in [4.78, 5) is 5.91. The smallest absolute Gasteiger partial charge is 0.0937 e. The lowest BCUT2D eigenvalue weighted by atomic mass is 10.6. The van der Waals surface area contributed by atoms with Crippen molar-refractivity contribution >= 4 is 17.9 Å². The maximum Gasteiger partial charge on any atom is 0.0937 e. The van der Waals surface area contributed by atoms with E-state index in [1.54, 1.807) is 6.34 Å². The highest BCUT2D eigenvalue weighted by molar-refractivity contribution is 6.18. The zero-order valence-corrected chi connectivity index (χ0v) is 4.73. The summed E-state index contributed by atoms with van der Waals surface area (Å²) in [5.74, 6) is 0. The van der Waals surface area contributed by atoms with Crippen LogP contribution in [-0.4, -0.2) is 30.3 Å². The van der Waals surface area contributed by atoms with Crippen LogP contribution < -0.4 is 0 Å². The van der Waals surface area contributed by atoms with Crippen LogP contribution in [0, 0.1) is 0 Å². The minimum atomic E-state index is 0.573. The van der Waals surface area contributed by atoms with Gasteiger partial charge in [-0.15, -0.1) is 11.6 Å². The number of nitrogens with zero attached hydrogens (tertiary/aromatic N) is 2. The number of rotatable bonds is 1. The van der Waals surface area contributed by atoms with E-state index in [-0.39, 0.29) is 0 Å². The first-order valence-corrected chi connectivity index (χ1v) is 2.77. The largest absolute Gasteiger partial charge is 0.347 e. The number of alkyl halides is 1. The van der Waals surface area contributed by atoms with Crippen molar-refractivity contribution in [2.45, 2.75) is 0 Å². The normalized spacial score (nSPS) is 18.7. The van der Waals surface area contributed by atoms with E-state index in [1.165, 1.54) is 0 Å². The molecule has 1 rings (SSSR count). The Hall–Kier alpha value is -0.240. The van der Waals surface area contributed by atoms with Gasteiger partial charge in [-0.25, -0.2) is 0 Å². The molecule has 0 aliphatic carbocycles. The zero-order chi connectivity index (χ0) is 5.11. The number of hydrogen-bond donors (Lipinski definition) is 0. The number of aliphatic imine (C=N–C) groups is 1. The minimum absolute atomic E-state index is 0.573. The van der Waals surface area contributed by atoms with Crippen molar-refractivity contribution < 1.29 is 0 Å². The predicted molar refractivity (Wildman–Crippen MR) is 30.8 cm³/mol. The van der Waals surface area contributed by atoms with Crippen molar-refractivity contribution in [1.29, 1.82) is 0 Å². The van der Waals surface area contributed by atoms with Crippen LogP contribution in [0.5, 0.6) is 0 Å². The molecule has 1 aliphatic heterocycles. The molecule has 2 nitrogen and oxygen atoms in total. The maximum absolute atomic E-state index is 5.44. The molecule has 1 heterocycles. The Bertz CT molecular complexity index is 81.8. The number of halogens is 1. The molecule has 0 spiro atoms. The van der Waals surface area contributed by atoms with Crippen LogP contribution >= 0.6 is 11.6 Å². The summed E-state index contributed by atoms with van der Waals surface area (Å²) in [6.07, 6.45) is 1.78. The number of hydrogen-bond acceptors (Lipinski definition) is 2. The van der Waals surface area contributed by atoms with E-state index in [2.05, 4.69) is 4.99 Å². The summed E-state index contributed by atoms with van der Waals surface area (Å²) < 4.78 is 0. The van der Waals surface area contributed by atoms with Gasteiger partial charge in [0, 0.05) is 6.54 Å². The Morgan fingerprint density at radius 3 is 3.00 bits per heavy atom. The molecule has 0 atom stereocenters. The molecular weight excluding hydrogens is 112 g/mol. The predicted octanol–water partition coefficient (Wildman–Crippen LogP) is 0.527. The molecule has 0 amide bonds. The summed E-state index contributed by atoms with van der Waals surface area (Å²) in [7, 11) is 0. The molecular formula is C4H7ClN2. The standard InChI is InChI=1S/C4H7ClN2/c5-3-7-2-1-6-4-7/h4H,1-3H2. The molecule has 0 N–H and O–H groups in total. The second-order valence-electron chi connectivity index (χ2n) is 1.45. The fourth-order valence-electron chi connectivity index (χ4n) is 0.508. The van der Waals surface area contributed by atoms with E-state index in [1.807, 2.05) is 4.90 Å². The lowest BCUT2D eigenvalue weighted by Gasteiger charge is -2.05. The molecule has 3 heteroatoms. The third-order valence-electron chi connectivity index (χ3n) is 0.915. The molecule has 40 valence electrons. The van der Waals surface area contributed by atoms with Crippen molar-refractivity contribution in [3.63, 3.8) is 0 Å². The quantitative estimate of drug-likeness (QED) is 0.362. The minimum Gasteiger partial charge on any atom is -0.347 e. The molecule has 0 aromatic carbocycles. The second kappa shape index (κ2) is 2.17. The summed E-state index contributed by atoms with van der Waals surface area (Å²) in [6.45, 7) is 1.90. The molecule has 0 fully saturated rings. The van der Waals surface area contributed by atoms with Gasteiger partial charge in [-0.05, 0) is 0 Å². The molecule has 0 aromatic rings. The molecule has 0 aromatic heterocycles. The lowest BCUT2D eigenvalue weighted by molar-refractivity contribution is 0.544. The Morgan fingerprint density at radius 2 is 2.71 bits per heavy atom. The van der Waals surface area contributed by atoms with E-state index in [0.29, 0.717) is 6.00 Å². The topological polar surface area (TPSA) is 15.6 Å². The average Bonchev–Trinajstić information content (AvgIpc) is 2.14. The molecule has 0 saturated carbocycles. The van der Waals surface area contributed by atoms with E-state index in [0.717, 1.165) is 13.1 Å². The van der Waals surface area contributed by atoms with E-state index in [4.69, 9.17) is 11.6 Å². The van der Waals surface area contributed by atoms with Crippen molar-refractivity contribution in [3.8, 4) is 0 Å². The van der Waals surface area contributed by atoms with Crippen molar-refractivity contribution in [1.82, 2.24) is 4.90 Å². The van der Waals surface area contributed by atoms with Crippen LogP contribution in [0.4, 0.5) is 0 Å². The highest BCUT2D eigenvalue weighted by Crippen LogP contribution is 1.92. The van der Waals surface area contributed by atoms with E-state index in [9.17, 15) is 0 Å². The second-order valence-corrected chi connectivity index (χ2v) is 1.69. The third kappa shape index (κ3) is 1.06. The monoisotopic (exact) mass is 118 g/mol. The fraction of sp³-hybridized carbons (Fsp3) is 0.750. The van der Waals surface area contributed by atoms with Gasteiger partial charge in [0.2, 0.25) is 0 Å². The van der Waals surface area contributed by atoms with Crippen LogP contribution in [-0.2, 0) is 0 Å². The zero-order valence-electron chi connectivity index (χ0n) is 3.97. The summed E-state index contributed by atoms with van der Waals surface area (Å²) in [6, 6.07) is 0.573. The van der Waals surface area contributed by atoms with Gasteiger partial charge in [-0.1, -0.05) is 0 Å². The van der Waals surface area contributed by atoms with Crippen molar-refractivity contribution in [2.75, 3.05) is 19.1 Å². The molecule has 0 saturated heterocycles. The summed E-state index contributed by atoms with van der Waals surface area (Å²) >= 11 is 5.44. The third-order valence-corrected chi connectivity index (χ3v) is 1.22. The Morgan fingerprint density at radius 1 is 1.86 bits per heavy atom. The summed E-state index contributed by atoms with van der Waals surface area (Å²) in [5.41, 5.74) is 0. The SMILES string of the molecule is ClCN1C=NCC1. The maximum atomic E-state index is 5.44. The molecule has 0 bridgehead atoms. The average molecular weight is 119 g/mol. The fourth-order valence-corrected chi connectivity index (χ4v) is 0.689. The van der Waals surface area contributed by atoms with Gasteiger partial charge >= 0.3 is 0 Å².